The van der Waals surface area contributed by atoms with Gasteiger partial charge < -0.3 is 14.6 Å². The summed E-state index contributed by atoms with van der Waals surface area (Å²) in [5, 5.41) is 13.8. The molecule has 0 aromatic heterocycles. The van der Waals surface area contributed by atoms with Gasteiger partial charge in [-0.2, -0.15) is 5.10 Å². The number of ether oxygens (including phenoxy) is 2. The Kier molecular flexibility index (Phi) is 7.70. The second kappa shape index (κ2) is 10.7. The number of phenols is 1. The fourth-order valence-electron chi connectivity index (χ4n) is 2.61. The number of benzene rings is 3. The number of nitrogens with one attached hydrogen (secondary N) is 1. The first-order valence-electron chi connectivity index (χ1n) is 9.44. The molecule has 0 aliphatic carbocycles. The van der Waals surface area contributed by atoms with Crippen LogP contribution in [0.15, 0.2) is 65.8 Å². The summed E-state index contributed by atoms with van der Waals surface area (Å²) >= 11 is 11.9. The minimum absolute atomic E-state index is 0.0626. The Bertz CT molecular complexity index is 1160. The minimum atomic E-state index is -0.657. The van der Waals surface area contributed by atoms with Gasteiger partial charge in [-0.3, -0.25) is 4.79 Å². The van der Waals surface area contributed by atoms with E-state index in [0.29, 0.717) is 28.5 Å². The molecule has 0 atom stereocenters. The Hall–Kier alpha value is -3.55. The first kappa shape index (κ1) is 23.1. The van der Waals surface area contributed by atoms with Crippen LogP contribution >= 0.6 is 23.2 Å². The number of carbonyl (C=O) groups excluding carboxylic acids is 2. The molecule has 3 aromatic rings. The average Bonchev–Trinajstić information content (AvgIpc) is 2.76. The van der Waals surface area contributed by atoms with Crippen molar-refractivity contribution >= 4 is 41.3 Å². The second-order valence-corrected chi connectivity index (χ2v) is 7.24. The third kappa shape index (κ3) is 6.00. The Labute approximate surface area is 194 Å². The molecule has 1 amide bonds. The molecule has 0 saturated carbocycles. The molecule has 0 aliphatic rings. The first-order valence-corrected chi connectivity index (χ1v) is 10.2. The molecule has 0 heterocycles. The molecular weight excluding hydrogens is 455 g/mol. The molecule has 0 bridgehead atoms. The third-order valence-corrected chi connectivity index (χ3v) is 4.68. The van der Waals surface area contributed by atoms with Gasteiger partial charge in [-0.05, 0) is 73.2 Å². The zero-order valence-corrected chi connectivity index (χ0v) is 18.4. The highest BCUT2D eigenvalue weighted by molar-refractivity contribution is 6.36. The van der Waals surface area contributed by atoms with E-state index in [1.54, 1.807) is 31.2 Å². The van der Waals surface area contributed by atoms with E-state index in [1.807, 2.05) is 0 Å². The van der Waals surface area contributed by atoms with Crippen LogP contribution in [0.5, 0.6) is 17.2 Å². The van der Waals surface area contributed by atoms with Crippen molar-refractivity contribution in [2.45, 2.75) is 6.92 Å². The first-order chi connectivity index (χ1) is 15.4. The zero-order valence-electron chi connectivity index (χ0n) is 16.8. The van der Waals surface area contributed by atoms with Crippen LogP contribution in [0.3, 0.4) is 0 Å². The molecule has 7 nitrogen and oxygen atoms in total. The monoisotopic (exact) mass is 472 g/mol. The van der Waals surface area contributed by atoms with Gasteiger partial charge in [-0.1, -0.05) is 23.2 Å². The number of esters is 1. The molecule has 0 fully saturated rings. The average molecular weight is 473 g/mol. The van der Waals surface area contributed by atoms with E-state index in [-0.39, 0.29) is 22.1 Å². The summed E-state index contributed by atoms with van der Waals surface area (Å²) in [5.74, 6) is -0.507. The van der Waals surface area contributed by atoms with Crippen molar-refractivity contribution in [1.82, 2.24) is 5.43 Å². The van der Waals surface area contributed by atoms with E-state index in [4.69, 9.17) is 32.7 Å². The number of phenolic OH excluding ortho intramolecular Hbond substituents is 1. The van der Waals surface area contributed by atoms with Crippen molar-refractivity contribution in [1.29, 1.82) is 0 Å². The van der Waals surface area contributed by atoms with Crippen molar-refractivity contribution in [3.63, 3.8) is 0 Å². The summed E-state index contributed by atoms with van der Waals surface area (Å²) < 4.78 is 11.0. The fraction of sp³-hybridized carbons (Fsp3) is 0.0870. The molecule has 0 aliphatic heterocycles. The Morgan fingerprint density at radius 2 is 1.78 bits per heavy atom. The number of halogens is 2. The predicted octanol–water partition coefficient (Wildman–Crippen LogP) is 5.08. The number of amides is 1. The zero-order chi connectivity index (χ0) is 23.1. The molecule has 2 N–H and O–H groups in total. The molecule has 0 spiro atoms. The van der Waals surface area contributed by atoms with Crippen molar-refractivity contribution in [3.8, 4) is 17.2 Å². The maximum atomic E-state index is 12.5. The third-order valence-electron chi connectivity index (χ3n) is 4.13. The number of hydrogen-bond acceptors (Lipinski definition) is 6. The largest absolute Gasteiger partial charge is 0.508 e. The number of hydrazone groups is 1. The van der Waals surface area contributed by atoms with Crippen LogP contribution in [0.25, 0.3) is 0 Å². The summed E-state index contributed by atoms with van der Waals surface area (Å²) in [6.45, 7) is 2.13. The Balaban J connectivity index is 1.72. The highest BCUT2D eigenvalue weighted by atomic mass is 35.5. The molecule has 164 valence electrons. The summed E-state index contributed by atoms with van der Waals surface area (Å²) in [6, 6.07) is 15.0. The lowest BCUT2D eigenvalue weighted by molar-refractivity contribution is 0.0728. The van der Waals surface area contributed by atoms with E-state index in [0.717, 1.165) is 0 Å². The summed E-state index contributed by atoms with van der Waals surface area (Å²) in [4.78, 5) is 24.6. The van der Waals surface area contributed by atoms with Crippen molar-refractivity contribution in [2.75, 3.05) is 6.61 Å². The summed E-state index contributed by atoms with van der Waals surface area (Å²) in [6.07, 6.45) is 1.42. The predicted molar refractivity (Wildman–Crippen MR) is 122 cm³/mol. The number of aromatic hydroxyl groups is 1. The standard InChI is InChI=1S/C23H18Cl2N2O5/c1-2-31-21-11-14(13-26-27-22(29)15-4-7-17(28)8-5-15)3-10-20(21)32-23(30)18-9-6-16(24)12-19(18)25/h3-13,28H,2H2,1H3,(H,27,29)/b26-13-. The van der Waals surface area contributed by atoms with Gasteiger partial charge in [0.2, 0.25) is 0 Å². The van der Waals surface area contributed by atoms with Crippen LogP contribution in [-0.4, -0.2) is 29.8 Å². The van der Waals surface area contributed by atoms with E-state index in [2.05, 4.69) is 10.5 Å². The SMILES string of the molecule is CCOc1cc(/C=N\NC(=O)c2ccc(O)cc2)ccc1OC(=O)c1ccc(Cl)cc1Cl. The summed E-state index contributed by atoms with van der Waals surface area (Å²) in [7, 11) is 0. The Morgan fingerprint density at radius 1 is 1.03 bits per heavy atom. The van der Waals surface area contributed by atoms with Crippen molar-refractivity contribution < 1.29 is 24.2 Å². The van der Waals surface area contributed by atoms with Crippen LogP contribution < -0.4 is 14.9 Å². The fourth-order valence-corrected chi connectivity index (χ4v) is 3.10. The maximum Gasteiger partial charge on any atom is 0.345 e. The maximum absolute atomic E-state index is 12.5. The normalized spacial score (nSPS) is 10.7. The van der Waals surface area contributed by atoms with Crippen LogP contribution in [0.1, 0.15) is 33.2 Å². The molecule has 32 heavy (non-hydrogen) atoms. The van der Waals surface area contributed by atoms with Gasteiger partial charge in [-0.25, -0.2) is 10.2 Å². The van der Waals surface area contributed by atoms with Crippen LogP contribution in [0.4, 0.5) is 0 Å². The molecule has 9 heteroatoms. The molecule has 0 unspecified atom stereocenters. The van der Waals surface area contributed by atoms with Crippen LogP contribution in [0, 0.1) is 0 Å². The van der Waals surface area contributed by atoms with Crippen molar-refractivity contribution in [3.05, 3.63) is 87.4 Å². The van der Waals surface area contributed by atoms with Crippen LogP contribution in [0.2, 0.25) is 10.0 Å². The van der Waals surface area contributed by atoms with Gasteiger partial charge in [0, 0.05) is 10.6 Å². The van der Waals surface area contributed by atoms with Gasteiger partial charge in [0.25, 0.3) is 5.91 Å². The topological polar surface area (TPSA) is 97.2 Å². The van der Waals surface area contributed by atoms with Gasteiger partial charge in [0.05, 0.1) is 23.4 Å². The Morgan fingerprint density at radius 3 is 2.47 bits per heavy atom. The summed E-state index contributed by atoms with van der Waals surface area (Å²) in [5.41, 5.74) is 3.51. The van der Waals surface area contributed by atoms with Gasteiger partial charge in [0.1, 0.15) is 5.75 Å². The van der Waals surface area contributed by atoms with E-state index >= 15 is 0 Å². The van der Waals surface area contributed by atoms with E-state index < -0.39 is 11.9 Å². The van der Waals surface area contributed by atoms with Crippen molar-refractivity contribution in [2.24, 2.45) is 5.10 Å². The number of carbonyl (C=O) groups is 2. The minimum Gasteiger partial charge on any atom is -0.508 e. The highest BCUT2D eigenvalue weighted by Crippen LogP contribution is 2.30. The molecule has 3 rings (SSSR count). The molecule has 3 aromatic carbocycles. The number of rotatable bonds is 7. The lowest BCUT2D eigenvalue weighted by Crippen LogP contribution is -2.17. The lowest BCUT2D eigenvalue weighted by atomic mass is 10.2. The highest BCUT2D eigenvalue weighted by Gasteiger charge is 2.16. The van der Waals surface area contributed by atoms with E-state index in [9.17, 15) is 14.7 Å². The van der Waals surface area contributed by atoms with Crippen LogP contribution in [-0.2, 0) is 0 Å². The van der Waals surface area contributed by atoms with Gasteiger partial charge >= 0.3 is 5.97 Å². The molecule has 0 saturated heterocycles. The van der Waals surface area contributed by atoms with E-state index in [1.165, 1.54) is 42.6 Å². The lowest BCUT2D eigenvalue weighted by Gasteiger charge is -2.12. The molecular formula is C23H18Cl2N2O5. The van der Waals surface area contributed by atoms with Gasteiger partial charge in [-0.15, -0.1) is 0 Å². The molecule has 0 radical (unpaired) electrons. The number of hydrogen-bond donors (Lipinski definition) is 2. The quantitative estimate of drug-likeness (QED) is 0.216. The second-order valence-electron chi connectivity index (χ2n) is 6.40. The number of nitrogens with zero attached hydrogens (tertiary/aromatic N) is 1. The van der Waals surface area contributed by atoms with Gasteiger partial charge in [0.15, 0.2) is 11.5 Å². The smallest absolute Gasteiger partial charge is 0.345 e.